The van der Waals surface area contributed by atoms with Gasteiger partial charge in [0.15, 0.2) is 0 Å². The predicted octanol–water partition coefficient (Wildman–Crippen LogP) is 4.07. The molecule has 0 bridgehead atoms. The number of hydrogen-bond acceptors (Lipinski definition) is 5. The van der Waals surface area contributed by atoms with Crippen molar-refractivity contribution >= 4 is 12.1 Å². The summed E-state index contributed by atoms with van der Waals surface area (Å²) in [6.07, 6.45) is 3.88. The first kappa shape index (κ1) is 20.5. The molecule has 2 aliphatic rings. The van der Waals surface area contributed by atoms with E-state index in [1.165, 1.54) is 0 Å². The minimum Gasteiger partial charge on any atom is -0.497 e. The number of amides is 1. The highest BCUT2D eigenvalue weighted by Gasteiger charge is 2.49. The second-order valence-electron chi connectivity index (χ2n) is 8.83. The summed E-state index contributed by atoms with van der Waals surface area (Å²) in [5, 5.41) is 2.81. The number of alkyl carbamates (subject to hydrolysis) is 1. The van der Waals surface area contributed by atoms with Gasteiger partial charge in [0.1, 0.15) is 24.0 Å². The Kier molecular flexibility index (Phi) is 6.16. The number of hydrogen-bond donors (Lipinski definition) is 1. The Bertz CT molecular complexity index is 674. The van der Waals surface area contributed by atoms with Crippen molar-refractivity contribution < 1.29 is 23.8 Å². The Balaban J connectivity index is 1.66. The minimum atomic E-state index is -0.659. The number of esters is 1. The fourth-order valence-electron chi connectivity index (χ4n) is 3.60. The zero-order valence-electron chi connectivity index (χ0n) is 17.2. The van der Waals surface area contributed by atoms with E-state index in [2.05, 4.69) is 5.32 Å². The van der Waals surface area contributed by atoms with E-state index in [0.717, 1.165) is 37.0 Å². The van der Waals surface area contributed by atoms with Crippen LogP contribution < -0.4 is 10.1 Å². The number of methoxy groups -OCH3 is 1. The molecule has 2 saturated carbocycles. The Morgan fingerprint density at radius 2 is 1.64 bits per heavy atom. The summed E-state index contributed by atoms with van der Waals surface area (Å²) in [5.74, 6) is 1.48. The molecule has 0 aliphatic heterocycles. The maximum Gasteiger partial charge on any atom is 0.408 e. The summed E-state index contributed by atoms with van der Waals surface area (Å²) >= 11 is 0. The van der Waals surface area contributed by atoms with E-state index < -0.39 is 17.7 Å². The highest BCUT2D eigenvalue weighted by Crippen LogP contribution is 2.51. The fourth-order valence-corrected chi connectivity index (χ4v) is 3.60. The second-order valence-corrected chi connectivity index (χ2v) is 8.83. The summed E-state index contributed by atoms with van der Waals surface area (Å²) in [6.45, 7) is 5.59. The summed E-state index contributed by atoms with van der Waals surface area (Å²) in [4.78, 5) is 25.3. The predicted molar refractivity (Wildman–Crippen MR) is 105 cm³/mol. The molecule has 2 aliphatic carbocycles. The van der Waals surface area contributed by atoms with Gasteiger partial charge in [-0.15, -0.1) is 0 Å². The number of carbonyl (C=O) groups excluding carboxylic acids is 2. The van der Waals surface area contributed by atoms with Crippen molar-refractivity contribution in [2.75, 3.05) is 7.11 Å². The summed E-state index contributed by atoms with van der Waals surface area (Å²) in [5.41, 5.74) is 0.260. The Labute approximate surface area is 166 Å². The molecule has 3 rings (SSSR count). The monoisotopic (exact) mass is 389 g/mol. The van der Waals surface area contributed by atoms with Crippen molar-refractivity contribution in [2.24, 2.45) is 17.8 Å². The van der Waals surface area contributed by atoms with Gasteiger partial charge < -0.3 is 19.5 Å². The Morgan fingerprint density at radius 1 is 1.07 bits per heavy atom. The van der Waals surface area contributed by atoms with Gasteiger partial charge in [0.05, 0.1) is 7.11 Å². The minimum absolute atomic E-state index is 0.135. The molecule has 0 radical (unpaired) electrons. The van der Waals surface area contributed by atoms with E-state index >= 15 is 0 Å². The quantitative estimate of drug-likeness (QED) is 0.679. The van der Waals surface area contributed by atoms with Crippen molar-refractivity contribution in [3.8, 4) is 5.75 Å². The maximum absolute atomic E-state index is 12.9. The molecule has 0 heterocycles. The lowest BCUT2D eigenvalue weighted by Crippen LogP contribution is -2.49. The van der Waals surface area contributed by atoms with Gasteiger partial charge in [-0.2, -0.15) is 0 Å². The molecule has 28 heavy (non-hydrogen) atoms. The zero-order valence-corrected chi connectivity index (χ0v) is 17.2. The third-order valence-corrected chi connectivity index (χ3v) is 5.18. The number of nitrogens with one attached hydrogen (secondary N) is 1. The molecular formula is C22H31NO5. The number of benzene rings is 1. The van der Waals surface area contributed by atoms with Crippen LogP contribution in [0.2, 0.25) is 0 Å². The van der Waals surface area contributed by atoms with Crippen molar-refractivity contribution in [3.63, 3.8) is 0 Å². The zero-order chi connectivity index (χ0) is 20.3. The van der Waals surface area contributed by atoms with Gasteiger partial charge in [-0.1, -0.05) is 12.1 Å². The average Bonchev–Trinajstić information content (AvgIpc) is 3.52. The lowest BCUT2D eigenvalue weighted by atomic mass is 9.89. The van der Waals surface area contributed by atoms with Gasteiger partial charge in [-0.05, 0) is 81.9 Å². The molecule has 6 heteroatoms. The first-order valence-corrected chi connectivity index (χ1v) is 10.1. The van der Waals surface area contributed by atoms with Crippen LogP contribution >= 0.6 is 0 Å². The average molecular weight is 389 g/mol. The highest BCUT2D eigenvalue weighted by atomic mass is 16.6. The topological polar surface area (TPSA) is 73.9 Å². The third kappa shape index (κ3) is 5.88. The van der Waals surface area contributed by atoms with Crippen LogP contribution in [0.4, 0.5) is 4.79 Å². The summed E-state index contributed by atoms with van der Waals surface area (Å²) in [7, 11) is 1.61. The van der Waals surface area contributed by atoms with Gasteiger partial charge in [0.25, 0.3) is 0 Å². The van der Waals surface area contributed by atoms with Crippen LogP contribution in [0.3, 0.4) is 0 Å². The molecule has 6 nitrogen and oxygen atoms in total. The lowest BCUT2D eigenvalue weighted by molar-refractivity contribution is -0.149. The van der Waals surface area contributed by atoms with Crippen LogP contribution in [0.15, 0.2) is 24.3 Å². The van der Waals surface area contributed by atoms with E-state index in [9.17, 15) is 9.59 Å². The Hall–Kier alpha value is -2.24. The maximum atomic E-state index is 12.9. The van der Waals surface area contributed by atoms with Crippen LogP contribution in [0.25, 0.3) is 0 Å². The van der Waals surface area contributed by atoms with Crippen LogP contribution in [0, 0.1) is 17.8 Å². The third-order valence-electron chi connectivity index (χ3n) is 5.18. The molecule has 0 saturated heterocycles. The van der Waals surface area contributed by atoms with Crippen molar-refractivity contribution in [2.45, 2.75) is 64.7 Å². The standard InChI is InChI=1S/C22H31NO5/c1-22(2,3)28-21(25)23-19(18(15-7-8-15)16-9-10-16)20(24)27-13-14-5-11-17(26-4)12-6-14/h5-6,11-12,15-16,18-19H,7-10,13H2,1-4H3,(H,23,25)/t19-/m0/s1. The lowest BCUT2D eigenvalue weighted by Gasteiger charge is -2.28. The molecule has 0 aromatic heterocycles. The first-order chi connectivity index (χ1) is 13.3. The van der Waals surface area contributed by atoms with Crippen LogP contribution in [-0.4, -0.2) is 30.8 Å². The smallest absolute Gasteiger partial charge is 0.408 e. The molecule has 1 aromatic carbocycles. The molecule has 2 fully saturated rings. The molecular weight excluding hydrogens is 358 g/mol. The van der Waals surface area contributed by atoms with Crippen molar-refractivity contribution in [1.82, 2.24) is 5.32 Å². The van der Waals surface area contributed by atoms with Crippen molar-refractivity contribution in [1.29, 1.82) is 0 Å². The van der Waals surface area contributed by atoms with E-state index in [1.807, 2.05) is 45.0 Å². The van der Waals surface area contributed by atoms with E-state index in [4.69, 9.17) is 14.2 Å². The first-order valence-electron chi connectivity index (χ1n) is 10.1. The fraction of sp³-hybridized carbons (Fsp3) is 0.636. The molecule has 0 spiro atoms. The molecule has 154 valence electrons. The van der Waals surface area contributed by atoms with E-state index in [0.29, 0.717) is 11.8 Å². The summed E-state index contributed by atoms with van der Waals surface area (Å²) < 4.78 is 16.1. The van der Waals surface area contributed by atoms with Gasteiger partial charge in [-0.25, -0.2) is 9.59 Å². The Morgan fingerprint density at radius 3 is 2.11 bits per heavy atom. The molecule has 1 atom stereocenters. The number of carbonyl (C=O) groups is 2. The van der Waals surface area contributed by atoms with Crippen LogP contribution in [0.5, 0.6) is 5.75 Å². The van der Waals surface area contributed by atoms with E-state index in [1.54, 1.807) is 7.11 Å². The molecule has 0 unspecified atom stereocenters. The number of ether oxygens (including phenoxy) is 3. The molecule has 1 aromatic rings. The van der Waals surface area contributed by atoms with Gasteiger partial charge in [-0.3, -0.25) is 0 Å². The largest absolute Gasteiger partial charge is 0.497 e. The van der Waals surface area contributed by atoms with Gasteiger partial charge in [0, 0.05) is 0 Å². The second kappa shape index (κ2) is 8.41. The molecule has 1 N–H and O–H groups in total. The summed E-state index contributed by atoms with van der Waals surface area (Å²) in [6, 6.07) is 6.73. The van der Waals surface area contributed by atoms with Gasteiger partial charge in [0.2, 0.25) is 0 Å². The van der Waals surface area contributed by atoms with E-state index in [-0.39, 0.29) is 18.5 Å². The van der Waals surface area contributed by atoms with Crippen molar-refractivity contribution in [3.05, 3.63) is 29.8 Å². The van der Waals surface area contributed by atoms with Crippen LogP contribution in [0.1, 0.15) is 52.0 Å². The highest BCUT2D eigenvalue weighted by molar-refractivity contribution is 5.82. The molecule has 1 amide bonds. The SMILES string of the molecule is COc1ccc(COC(=O)[C@@H](NC(=O)OC(C)(C)C)C(C2CC2)C2CC2)cc1. The van der Waals surface area contributed by atoms with Crippen LogP contribution in [-0.2, 0) is 20.9 Å². The normalized spacial score (nSPS) is 17.8. The number of rotatable bonds is 8. The van der Waals surface area contributed by atoms with Gasteiger partial charge >= 0.3 is 12.1 Å².